The van der Waals surface area contributed by atoms with Gasteiger partial charge in [-0.2, -0.15) is 13.2 Å². The zero-order valence-electron chi connectivity index (χ0n) is 27.5. The van der Waals surface area contributed by atoms with Crippen molar-refractivity contribution >= 4 is 23.4 Å². The van der Waals surface area contributed by atoms with Crippen molar-refractivity contribution in [3.05, 3.63) is 23.8 Å². The predicted octanol–water partition coefficient (Wildman–Crippen LogP) is 4.56. The molecule has 0 bridgehead atoms. The van der Waals surface area contributed by atoms with E-state index >= 15 is 0 Å². The third-order valence-corrected chi connectivity index (χ3v) is 7.85. The summed E-state index contributed by atoms with van der Waals surface area (Å²) in [6, 6.07) is 3.82. The zero-order chi connectivity index (χ0) is 33.7. The highest BCUT2D eigenvalue weighted by molar-refractivity contribution is 5.99. The maximum absolute atomic E-state index is 14.1. The molecule has 0 aliphatic carbocycles. The van der Waals surface area contributed by atoms with E-state index in [4.69, 9.17) is 9.47 Å². The van der Waals surface area contributed by atoms with Crippen molar-refractivity contribution in [1.82, 2.24) is 14.7 Å². The molecule has 256 valence electrons. The van der Waals surface area contributed by atoms with Gasteiger partial charge in [0.15, 0.2) is 0 Å². The first kappa shape index (κ1) is 38.3. The molecule has 10 nitrogen and oxygen atoms in total. The number of aliphatic hydroxyl groups is 1. The summed E-state index contributed by atoms with van der Waals surface area (Å²) in [5.41, 5.74) is 0.276. The topological polar surface area (TPSA) is 112 Å². The van der Waals surface area contributed by atoms with Crippen LogP contribution in [-0.4, -0.2) is 116 Å². The second-order valence-electron chi connectivity index (χ2n) is 12.4. The number of halogens is 3. The number of rotatable bonds is 11. The van der Waals surface area contributed by atoms with Crippen LogP contribution in [-0.2, 0) is 14.3 Å². The summed E-state index contributed by atoms with van der Waals surface area (Å²) in [7, 11) is 5.67. The minimum Gasteiger partial charge on any atom is -0.490 e. The van der Waals surface area contributed by atoms with Crippen molar-refractivity contribution in [2.75, 3.05) is 59.3 Å². The van der Waals surface area contributed by atoms with E-state index in [0.717, 1.165) is 25.8 Å². The summed E-state index contributed by atoms with van der Waals surface area (Å²) >= 11 is 0. The Bertz CT molecular complexity index is 1100. The maximum atomic E-state index is 14.1. The molecule has 0 saturated heterocycles. The maximum Gasteiger partial charge on any atom is 0.389 e. The Hall–Kier alpha value is -2.90. The first-order valence-corrected chi connectivity index (χ1v) is 15.7. The van der Waals surface area contributed by atoms with Crippen molar-refractivity contribution in [2.24, 2.45) is 5.92 Å². The second kappa shape index (κ2) is 18.3. The standard InChI is InChI=1S/C32H51F3N4O6/c1-22-19-39(23(2)21-40)31(43)26-18-25(36-29(41)14-15-32(33,34)35)12-13-27(26)45-24(3)10-7-8-17-44-28(22)20-38(6)30(42)11-9-16-37(4)5/h12-13,18,22-24,28,40H,7-11,14-17,19-21H2,1-6H3,(H,36,41)/t22-,23-,24+,28+/m0/s1. The number of nitrogens with zero attached hydrogens (tertiary/aromatic N) is 3. The molecule has 3 amide bonds. The van der Waals surface area contributed by atoms with Gasteiger partial charge in [0.2, 0.25) is 11.8 Å². The van der Waals surface area contributed by atoms with Gasteiger partial charge in [0, 0.05) is 51.2 Å². The van der Waals surface area contributed by atoms with Crippen molar-refractivity contribution in [1.29, 1.82) is 0 Å². The van der Waals surface area contributed by atoms with E-state index in [1.54, 1.807) is 18.9 Å². The third kappa shape index (κ3) is 13.5. The average molecular weight is 645 g/mol. The molecule has 0 spiro atoms. The fourth-order valence-electron chi connectivity index (χ4n) is 5.05. The van der Waals surface area contributed by atoms with E-state index in [1.165, 1.54) is 23.1 Å². The van der Waals surface area contributed by atoms with E-state index in [2.05, 4.69) is 5.32 Å². The molecule has 0 unspecified atom stereocenters. The molecule has 2 N–H and O–H groups in total. The zero-order valence-corrected chi connectivity index (χ0v) is 27.5. The highest BCUT2D eigenvalue weighted by Gasteiger charge is 2.31. The number of nitrogens with one attached hydrogen (secondary N) is 1. The van der Waals surface area contributed by atoms with Gasteiger partial charge in [-0.05, 0) is 78.4 Å². The Morgan fingerprint density at radius 3 is 2.51 bits per heavy atom. The normalized spacial score (nSPS) is 21.0. The number of aliphatic hydroxyl groups excluding tert-OH is 1. The fraction of sp³-hybridized carbons (Fsp3) is 0.719. The third-order valence-electron chi connectivity index (χ3n) is 7.85. The van der Waals surface area contributed by atoms with Crippen LogP contribution in [0.5, 0.6) is 5.75 Å². The summed E-state index contributed by atoms with van der Waals surface area (Å²) in [5.74, 6) is -1.26. The van der Waals surface area contributed by atoms with E-state index in [9.17, 15) is 32.7 Å². The van der Waals surface area contributed by atoms with Crippen LogP contribution in [0.25, 0.3) is 0 Å². The molecule has 45 heavy (non-hydrogen) atoms. The number of carbonyl (C=O) groups is 3. The molecule has 0 aromatic heterocycles. The SMILES string of the molecule is C[C@@H]1CCCCO[C@H](CN(C)C(=O)CCCN(C)C)[C@@H](C)CN([C@@H](C)CO)C(=O)c2cc(NC(=O)CCC(F)(F)F)ccc2O1. The molecule has 1 aromatic rings. The van der Waals surface area contributed by atoms with Crippen LogP contribution in [0.4, 0.5) is 18.9 Å². The second-order valence-corrected chi connectivity index (χ2v) is 12.4. The van der Waals surface area contributed by atoms with E-state index in [0.29, 0.717) is 26.0 Å². The number of amides is 3. The van der Waals surface area contributed by atoms with Gasteiger partial charge in [-0.15, -0.1) is 0 Å². The van der Waals surface area contributed by atoms with Crippen LogP contribution in [0.2, 0.25) is 0 Å². The molecule has 2 rings (SSSR count). The Morgan fingerprint density at radius 1 is 1.16 bits per heavy atom. The van der Waals surface area contributed by atoms with Crippen LogP contribution in [0, 0.1) is 5.92 Å². The van der Waals surface area contributed by atoms with Crippen LogP contribution in [0.1, 0.15) is 76.1 Å². The lowest BCUT2D eigenvalue weighted by molar-refractivity contribution is -0.142. The lowest BCUT2D eigenvalue weighted by Crippen LogP contribution is -2.48. The number of carbonyl (C=O) groups excluding carboxylic acids is 3. The highest BCUT2D eigenvalue weighted by Crippen LogP contribution is 2.29. The summed E-state index contributed by atoms with van der Waals surface area (Å²) in [4.78, 5) is 44.4. The number of anilines is 1. The van der Waals surface area contributed by atoms with Gasteiger partial charge < -0.3 is 34.6 Å². The number of hydrogen-bond acceptors (Lipinski definition) is 7. The summed E-state index contributed by atoms with van der Waals surface area (Å²) in [6.45, 7) is 6.99. The molecule has 1 aliphatic heterocycles. The minimum absolute atomic E-state index is 0.00780. The molecule has 13 heteroatoms. The predicted molar refractivity (Wildman–Crippen MR) is 166 cm³/mol. The highest BCUT2D eigenvalue weighted by atomic mass is 19.4. The Kier molecular flexibility index (Phi) is 15.6. The molecule has 1 aromatic carbocycles. The van der Waals surface area contributed by atoms with Crippen LogP contribution in [0.3, 0.4) is 0 Å². The molecule has 0 saturated carbocycles. The first-order chi connectivity index (χ1) is 21.1. The van der Waals surface area contributed by atoms with Gasteiger partial charge >= 0.3 is 6.18 Å². The Balaban J connectivity index is 2.37. The number of hydrogen-bond donors (Lipinski definition) is 2. The Labute approximate surface area is 265 Å². The van der Waals surface area contributed by atoms with E-state index in [-0.39, 0.29) is 54.2 Å². The molecular formula is C32H51F3N4O6. The van der Waals surface area contributed by atoms with Gasteiger partial charge in [0.1, 0.15) is 5.75 Å². The number of fused-ring (bicyclic) bond motifs is 1. The minimum atomic E-state index is -4.47. The van der Waals surface area contributed by atoms with Crippen molar-refractivity contribution < 1.29 is 42.1 Å². The summed E-state index contributed by atoms with van der Waals surface area (Å²) in [6.07, 6.45) is -3.75. The van der Waals surface area contributed by atoms with E-state index in [1.807, 2.05) is 32.8 Å². The molecule has 0 fully saturated rings. The Morgan fingerprint density at radius 2 is 1.87 bits per heavy atom. The summed E-state index contributed by atoms with van der Waals surface area (Å²) < 4.78 is 50.4. The van der Waals surface area contributed by atoms with Crippen molar-refractivity contribution in [3.8, 4) is 5.75 Å². The molecule has 0 radical (unpaired) electrons. The molecular weight excluding hydrogens is 593 g/mol. The lowest BCUT2D eigenvalue weighted by atomic mass is 10.0. The number of benzene rings is 1. The quantitative estimate of drug-likeness (QED) is 0.363. The van der Waals surface area contributed by atoms with Crippen molar-refractivity contribution in [2.45, 2.75) is 90.1 Å². The van der Waals surface area contributed by atoms with Gasteiger partial charge in [0.25, 0.3) is 5.91 Å². The first-order valence-electron chi connectivity index (χ1n) is 15.7. The van der Waals surface area contributed by atoms with Gasteiger partial charge in [0.05, 0.1) is 36.8 Å². The molecule has 1 heterocycles. The van der Waals surface area contributed by atoms with Gasteiger partial charge in [-0.25, -0.2) is 0 Å². The average Bonchev–Trinajstić information content (AvgIpc) is 2.96. The number of likely N-dealkylation sites (N-methyl/N-ethyl adjacent to an activating group) is 1. The summed E-state index contributed by atoms with van der Waals surface area (Å²) in [5, 5.41) is 12.5. The van der Waals surface area contributed by atoms with Gasteiger partial charge in [-0.1, -0.05) is 6.92 Å². The van der Waals surface area contributed by atoms with Crippen LogP contribution < -0.4 is 10.1 Å². The fourth-order valence-corrected chi connectivity index (χ4v) is 5.05. The van der Waals surface area contributed by atoms with Crippen LogP contribution in [0.15, 0.2) is 18.2 Å². The molecule has 4 atom stereocenters. The number of ether oxygens (including phenoxy) is 2. The molecule has 1 aliphatic rings. The monoisotopic (exact) mass is 644 g/mol. The lowest BCUT2D eigenvalue weighted by Gasteiger charge is -2.36. The van der Waals surface area contributed by atoms with Crippen molar-refractivity contribution in [3.63, 3.8) is 0 Å². The van der Waals surface area contributed by atoms with Crippen LogP contribution >= 0.6 is 0 Å². The van der Waals surface area contributed by atoms with E-state index < -0.39 is 36.9 Å². The number of alkyl halides is 3. The van der Waals surface area contributed by atoms with Gasteiger partial charge in [-0.3, -0.25) is 14.4 Å². The smallest absolute Gasteiger partial charge is 0.389 e. The largest absolute Gasteiger partial charge is 0.490 e.